The largest absolute Gasteiger partial charge is 0.382 e. The van der Waals surface area contributed by atoms with Gasteiger partial charge in [-0.25, -0.2) is 8.42 Å². The molecule has 1 aromatic rings. The lowest BCUT2D eigenvalue weighted by Gasteiger charge is -2.21. The third kappa shape index (κ3) is 3.52. The second-order valence-corrected chi connectivity index (χ2v) is 7.55. The van der Waals surface area contributed by atoms with Gasteiger partial charge in [-0.3, -0.25) is 0 Å². The Morgan fingerprint density at radius 3 is 2.75 bits per heavy atom. The maximum Gasteiger partial charge on any atom is 0.180 e. The smallest absolute Gasteiger partial charge is 0.180 e. The molecule has 1 aliphatic heterocycles. The number of hydrogen-bond donors (Lipinski definition) is 1. The first kappa shape index (κ1) is 15.3. The first-order valence-electron chi connectivity index (χ1n) is 7.30. The highest BCUT2D eigenvalue weighted by Crippen LogP contribution is 2.23. The predicted molar refractivity (Wildman–Crippen MR) is 82.9 cm³/mol. The monoisotopic (exact) mass is 296 g/mol. The molecule has 1 atom stereocenters. The number of rotatable bonds is 6. The SMILES string of the molecule is CCCS(=O)(=O)c1ccccc1NCC1CCCN1C. The van der Waals surface area contributed by atoms with Gasteiger partial charge in [-0.05, 0) is 45.0 Å². The maximum absolute atomic E-state index is 12.3. The minimum Gasteiger partial charge on any atom is -0.382 e. The third-order valence-corrected chi connectivity index (χ3v) is 5.87. The van der Waals surface area contributed by atoms with E-state index in [0.29, 0.717) is 17.4 Å². The molecule has 20 heavy (non-hydrogen) atoms. The van der Waals surface area contributed by atoms with E-state index in [1.54, 1.807) is 12.1 Å². The van der Waals surface area contributed by atoms with Crippen LogP contribution in [0.3, 0.4) is 0 Å². The summed E-state index contributed by atoms with van der Waals surface area (Å²) in [4.78, 5) is 2.76. The van der Waals surface area contributed by atoms with Gasteiger partial charge in [0.05, 0.1) is 16.3 Å². The van der Waals surface area contributed by atoms with Crippen molar-refractivity contribution in [2.75, 3.05) is 31.2 Å². The van der Waals surface area contributed by atoms with Crippen molar-refractivity contribution >= 4 is 15.5 Å². The van der Waals surface area contributed by atoms with Crippen molar-refractivity contribution in [3.63, 3.8) is 0 Å². The van der Waals surface area contributed by atoms with E-state index in [4.69, 9.17) is 0 Å². The van der Waals surface area contributed by atoms with Gasteiger partial charge in [-0.1, -0.05) is 19.1 Å². The van der Waals surface area contributed by atoms with Crippen LogP contribution < -0.4 is 5.32 Å². The van der Waals surface area contributed by atoms with Crippen LogP contribution in [0.4, 0.5) is 5.69 Å². The van der Waals surface area contributed by atoms with Crippen molar-refractivity contribution in [2.45, 2.75) is 37.1 Å². The van der Waals surface area contributed by atoms with Gasteiger partial charge in [0.15, 0.2) is 9.84 Å². The average Bonchev–Trinajstić information content (AvgIpc) is 2.82. The van der Waals surface area contributed by atoms with Gasteiger partial charge in [0.1, 0.15) is 0 Å². The highest BCUT2D eigenvalue weighted by Gasteiger charge is 2.22. The molecule has 0 aliphatic carbocycles. The molecular weight excluding hydrogens is 272 g/mol. The molecule has 5 heteroatoms. The van der Waals surface area contributed by atoms with Crippen molar-refractivity contribution in [3.8, 4) is 0 Å². The fourth-order valence-corrected chi connectivity index (χ4v) is 4.25. The van der Waals surface area contributed by atoms with E-state index in [9.17, 15) is 8.42 Å². The minimum absolute atomic E-state index is 0.203. The zero-order chi connectivity index (χ0) is 14.6. The molecule has 0 saturated carbocycles. The normalized spacial score (nSPS) is 20.2. The van der Waals surface area contributed by atoms with E-state index in [1.165, 1.54) is 12.8 Å². The van der Waals surface area contributed by atoms with E-state index in [0.717, 1.165) is 18.8 Å². The standard InChI is InChI=1S/C15H24N2O2S/c1-3-11-20(18,19)15-9-5-4-8-14(15)16-12-13-7-6-10-17(13)2/h4-5,8-9,13,16H,3,6-7,10-12H2,1-2H3. The van der Waals surface area contributed by atoms with Crippen LogP contribution in [0.5, 0.6) is 0 Å². The molecule has 4 nitrogen and oxygen atoms in total. The van der Waals surface area contributed by atoms with Crippen LogP contribution in [0.1, 0.15) is 26.2 Å². The van der Waals surface area contributed by atoms with Crippen molar-refractivity contribution in [1.82, 2.24) is 4.90 Å². The molecule has 112 valence electrons. The molecule has 0 aromatic heterocycles. The maximum atomic E-state index is 12.3. The number of nitrogens with one attached hydrogen (secondary N) is 1. The van der Waals surface area contributed by atoms with Gasteiger partial charge < -0.3 is 10.2 Å². The van der Waals surface area contributed by atoms with E-state index in [1.807, 2.05) is 19.1 Å². The van der Waals surface area contributed by atoms with Crippen LogP contribution in [0, 0.1) is 0 Å². The lowest BCUT2D eigenvalue weighted by Crippen LogP contribution is -2.31. The molecule has 1 aromatic carbocycles. The van der Waals surface area contributed by atoms with Gasteiger partial charge in [0, 0.05) is 12.6 Å². The van der Waals surface area contributed by atoms with Crippen LogP contribution in [-0.2, 0) is 9.84 Å². The Kier molecular flexibility index (Phi) is 5.05. The Morgan fingerprint density at radius 1 is 1.35 bits per heavy atom. The fourth-order valence-electron chi connectivity index (χ4n) is 2.73. The molecular formula is C15H24N2O2S. The summed E-state index contributed by atoms with van der Waals surface area (Å²) in [5, 5.41) is 3.33. The molecule has 1 aliphatic rings. The Bertz CT molecular complexity index is 543. The fraction of sp³-hybridized carbons (Fsp3) is 0.600. The molecule has 1 N–H and O–H groups in total. The Labute approximate surface area is 122 Å². The van der Waals surface area contributed by atoms with Crippen LogP contribution in [0.25, 0.3) is 0 Å². The first-order chi connectivity index (χ1) is 9.54. The molecule has 1 fully saturated rings. The van der Waals surface area contributed by atoms with Gasteiger partial charge >= 0.3 is 0 Å². The summed E-state index contributed by atoms with van der Waals surface area (Å²) in [6.45, 7) is 3.82. The lowest BCUT2D eigenvalue weighted by molar-refractivity contribution is 0.322. The number of anilines is 1. The number of para-hydroxylation sites is 1. The Balaban J connectivity index is 2.12. The molecule has 0 radical (unpaired) electrons. The highest BCUT2D eigenvalue weighted by molar-refractivity contribution is 7.91. The number of likely N-dealkylation sites (N-methyl/N-ethyl adjacent to an activating group) is 1. The number of benzene rings is 1. The Morgan fingerprint density at radius 2 is 2.10 bits per heavy atom. The van der Waals surface area contributed by atoms with E-state index in [2.05, 4.69) is 17.3 Å². The average molecular weight is 296 g/mol. The summed E-state index contributed by atoms with van der Waals surface area (Å²) in [7, 11) is -1.05. The summed E-state index contributed by atoms with van der Waals surface area (Å²) < 4.78 is 24.5. The van der Waals surface area contributed by atoms with Crippen molar-refractivity contribution in [2.24, 2.45) is 0 Å². The second-order valence-electron chi connectivity index (χ2n) is 5.47. The van der Waals surface area contributed by atoms with E-state index >= 15 is 0 Å². The topological polar surface area (TPSA) is 49.4 Å². The molecule has 1 heterocycles. The van der Waals surface area contributed by atoms with Gasteiger partial charge in [0.2, 0.25) is 0 Å². The minimum atomic E-state index is -3.18. The van der Waals surface area contributed by atoms with Crippen molar-refractivity contribution < 1.29 is 8.42 Å². The van der Waals surface area contributed by atoms with Crippen molar-refractivity contribution in [1.29, 1.82) is 0 Å². The number of nitrogens with zero attached hydrogens (tertiary/aromatic N) is 1. The number of hydrogen-bond acceptors (Lipinski definition) is 4. The predicted octanol–water partition coefficient (Wildman–Crippen LogP) is 2.38. The summed E-state index contributed by atoms with van der Waals surface area (Å²) in [6.07, 6.45) is 3.04. The molecule has 0 amide bonds. The quantitative estimate of drug-likeness (QED) is 0.875. The lowest BCUT2D eigenvalue weighted by atomic mass is 10.2. The zero-order valence-corrected chi connectivity index (χ0v) is 13.1. The van der Waals surface area contributed by atoms with Crippen LogP contribution >= 0.6 is 0 Å². The van der Waals surface area contributed by atoms with Crippen LogP contribution in [0.15, 0.2) is 29.2 Å². The molecule has 0 spiro atoms. The number of likely N-dealkylation sites (tertiary alicyclic amines) is 1. The second kappa shape index (κ2) is 6.59. The highest BCUT2D eigenvalue weighted by atomic mass is 32.2. The molecule has 1 unspecified atom stereocenters. The Hall–Kier alpha value is -1.07. The summed E-state index contributed by atoms with van der Waals surface area (Å²) >= 11 is 0. The molecule has 2 rings (SSSR count). The third-order valence-electron chi connectivity index (χ3n) is 3.89. The summed E-state index contributed by atoms with van der Waals surface area (Å²) in [6, 6.07) is 7.72. The van der Waals surface area contributed by atoms with Crippen LogP contribution in [-0.4, -0.2) is 45.2 Å². The summed E-state index contributed by atoms with van der Waals surface area (Å²) in [5.74, 6) is 0.203. The van der Waals surface area contributed by atoms with E-state index < -0.39 is 9.84 Å². The van der Waals surface area contributed by atoms with E-state index in [-0.39, 0.29) is 5.75 Å². The van der Waals surface area contributed by atoms with Crippen LogP contribution in [0.2, 0.25) is 0 Å². The first-order valence-corrected chi connectivity index (χ1v) is 8.95. The molecule has 1 saturated heterocycles. The summed E-state index contributed by atoms with van der Waals surface area (Å²) in [5.41, 5.74) is 0.737. The van der Waals surface area contributed by atoms with Gasteiger partial charge in [-0.2, -0.15) is 0 Å². The van der Waals surface area contributed by atoms with Crippen molar-refractivity contribution in [3.05, 3.63) is 24.3 Å². The zero-order valence-electron chi connectivity index (χ0n) is 12.3. The van der Waals surface area contributed by atoms with Gasteiger partial charge in [-0.15, -0.1) is 0 Å². The number of sulfone groups is 1. The molecule has 0 bridgehead atoms. The van der Waals surface area contributed by atoms with Gasteiger partial charge in [0.25, 0.3) is 0 Å².